The molecule has 1 aliphatic rings. The van der Waals surface area contributed by atoms with Crippen molar-refractivity contribution in [2.75, 3.05) is 13.1 Å². The Morgan fingerprint density at radius 2 is 2.35 bits per heavy atom. The van der Waals surface area contributed by atoms with Gasteiger partial charge in [0.05, 0.1) is 11.8 Å². The SMILES string of the molecule is Cn1cc(C(=O)N2CCC(Cc3cnc4[nH]ccc4c3)C2)cn1. The molecule has 0 aliphatic carbocycles. The first-order chi connectivity index (χ1) is 11.2. The fourth-order valence-corrected chi connectivity index (χ4v) is 3.33. The predicted octanol–water partition coefficient (Wildman–Crippen LogP) is 2.00. The van der Waals surface area contributed by atoms with Gasteiger partial charge < -0.3 is 9.88 Å². The van der Waals surface area contributed by atoms with E-state index in [1.165, 1.54) is 5.56 Å². The number of nitrogens with one attached hydrogen (secondary N) is 1. The van der Waals surface area contributed by atoms with Crippen LogP contribution < -0.4 is 0 Å². The van der Waals surface area contributed by atoms with Crippen LogP contribution >= 0.6 is 0 Å². The maximum Gasteiger partial charge on any atom is 0.257 e. The number of carbonyl (C=O) groups excluding carboxylic acids is 1. The quantitative estimate of drug-likeness (QED) is 0.804. The predicted molar refractivity (Wildman–Crippen MR) is 87.0 cm³/mol. The Labute approximate surface area is 134 Å². The van der Waals surface area contributed by atoms with Gasteiger partial charge in [0.15, 0.2) is 0 Å². The first-order valence-corrected chi connectivity index (χ1v) is 7.89. The van der Waals surface area contributed by atoms with Crippen LogP contribution in [0.3, 0.4) is 0 Å². The Hall–Kier alpha value is -2.63. The highest BCUT2D eigenvalue weighted by atomic mass is 16.2. The smallest absolute Gasteiger partial charge is 0.257 e. The number of rotatable bonds is 3. The largest absolute Gasteiger partial charge is 0.346 e. The summed E-state index contributed by atoms with van der Waals surface area (Å²) in [5.41, 5.74) is 2.83. The zero-order valence-corrected chi connectivity index (χ0v) is 13.1. The van der Waals surface area contributed by atoms with Gasteiger partial charge in [0, 0.05) is 44.1 Å². The minimum atomic E-state index is 0.0832. The maximum atomic E-state index is 12.5. The second-order valence-electron chi connectivity index (χ2n) is 6.27. The van der Waals surface area contributed by atoms with E-state index in [9.17, 15) is 4.79 Å². The van der Waals surface area contributed by atoms with Gasteiger partial charge in [-0.2, -0.15) is 5.10 Å². The highest BCUT2D eigenvalue weighted by Crippen LogP contribution is 2.23. The number of nitrogens with zero attached hydrogens (tertiary/aromatic N) is 4. The van der Waals surface area contributed by atoms with E-state index >= 15 is 0 Å². The van der Waals surface area contributed by atoms with Crippen molar-refractivity contribution in [3.63, 3.8) is 0 Å². The number of hydrogen-bond donors (Lipinski definition) is 1. The molecule has 3 aromatic heterocycles. The van der Waals surface area contributed by atoms with E-state index < -0.39 is 0 Å². The molecule has 1 N–H and O–H groups in total. The van der Waals surface area contributed by atoms with E-state index in [-0.39, 0.29) is 5.91 Å². The van der Waals surface area contributed by atoms with E-state index in [1.807, 2.05) is 30.4 Å². The lowest BCUT2D eigenvalue weighted by Crippen LogP contribution is -2.28. The normalized spacial score (nSPS) is 18.0. The number of pyridine rings is 1. The van der Waals surface area contributed by atoms with Gasteiger partial charge in [-0.15, -0.1) is 0 Å². The minimum Gasteiger partial charge on any atom is -0.346 e. The third-order valence-corrected chi connectivity index (χ3v) is 4.51. The van der Waals surface area contributed by atoms with Gasteiger partial charge in [-0.3, -0.25) is 9.48 Å². The number of hydrogen-bond acceptors (Lipinski definition) is 3. The third-order valence-electron chi connectivity index (χ3n) is 4.51. The zero-order chi connectivity index (χ0) is 15.8. The van der Waals surface area contributed by atoms with Crippen LogP contribution in [0.2, 0.25) is 0 Å². The summed E-state index contributed by atoms with van der Waals surface area (Å²) in [6.45, 7) is 1.62. The molecular weight excluding hydrogens is 290 g/mol. The van der Waals surface area contributed by atoms with Crippen LogP contribution in [-0.2, 0) is 13.5 Å². The molecule has 1 atom stereocenters. The molecule has 6 nitrogen and oxygen atoms in total. The van der Waals surface area contributed by atoms with Crippen molar-refractivity contribution >= 4 is 16.9 Å². The second kappa shape index (κ2) is 5.53. The highest BCUT2D eigenvalue weighted by molar-refractivity contribution is 5.93. The van der Waals surface area contributed by atoms with Crippen molar-refractivity contribution in [2.45, 2.75) is 12.8 Å². The minimum absolute atomic E-state index is 0.0832. The number of aryl methyl sites for hydroxylation is 1. The zero-order valence-electron chi connectivity index (χ0n) is 13.1. The molecule has 4 heterocycles. The average molecular weight is 309 g/mol. The summed E-state index contributed by atoms with van der Waals surface area (Å²) in [5.74, 6) is 0.577. The lowest BCUT2D eigenvalue weighted by Gasteiger charge is -2.15. The summed E-state index contributed by atoms with van der Waals surface area (Å²) in [4.78, 5) is 21.9. The molecule has 1 fully saturated rings. The summed E-state index contributed by atoms with van der Waals surface area (Å²) < 4.78 is 1.67. The monoisotopic (exact) mass is 309 g/mol. The molecule has 23 heavy (non-hydrogen) atoms. The Morgan fingerprint density at radius 1 is 1.43 bits per heavy atom. The van der Waals surface area contributed by atoms with Crippen LogP contribution in [0, 0.1) is 5.92 Å². The Morgan fingerprint density at radius 3 is 3.17 bits per heavy atom. The molecule has 0 saturated carbocycles. The van der Waals surface area contributed by atoms with Gasteiger partial charge in [0.25, 0.3) is 5.91 Å². The lowest BCUT2D eigenvalue weighted by atomic mass is 9.99. The first kappa shape index (κ1) is 14.0. The lowest BCUT2D eigenvalue weighted by molar-refractivity contribution is 0.0787. The Bertz CT molecular complexity index is 849. The van der Waals surface area contributed by atoms with Crippen molar-refractivity contribution < 1.29 is 4.79 Å². The molecule has 1 aliphatic heterocycles. The van der Waals surface area contributed by atoms with E-state index in [1.54, 1.807) is 17.1 Å². The van der Waals surface area contributed by atoms with Gasteiger partial charge in [0.2, 0.25) is 0 Å². The van der Waals surface area contributed by atoms with Gasteiger partial charge in [0.1, 0.15) is 5.65 Å². The van der Waals surface area contributed by atoms with Crippen LogP contribution in [0.4, 0.5) is 0 Å². The molecule has 0 aromatic carbocycles. The number of aromatic nitrogens is 4. The number of aromatic amines is 1. The number of amides is 1. The van der Waals surface area contributed by atoms with Gasteiger partial charge in [-0.05, 0) is 36.5 Å². The van der Waals surface area contributed by atoms with E-state index in [0.29, 0.717) is 11.5 Å². The van der Waals surface area contributed by atoms with E-state index in [4.69, 9.17) is 0 Å². The molecule has 3 aromatic rings. The highest BCUT2D eigenvalue weighted by Gasteiger charge is 2.27. The average Bonchev–Trinajstić information content (AvgIpc) is 3.26. The Kier molecular flexibility index (Phi) is 3.37. The number of fused-ring (bicyclic) bond motifs is 1. The molecule has 1 amide bonds. The summed E-state index contributed by atoms with van der Waals surface area (Å²) in [7, 11) is 1.83. The van der Waals surface area contributed by atoms with Crippen LogP contribution in [0.1, 0.15) is 22.3 Å². The van der Waals surface area contributed by atoms with Gasteiger partial charge in [-0.25, -0.2) is 4.98 Å². The Balaban J connectivity index is 1.42. The molecular formula is C17H19N5O. The van der Waals surface area contributed by atoms with E-state index in [2.05, 4.69) is 21.1 Å². The van der Waals surface area contributed by atoms with Crippen molar-refractivity contribution in [3.05, 3.63) is 48.0 Å². The number of likely N-dealkylation sites (tertiary alicyclic amines) is 1. The molecule has 0 bridgehead atoms. The number of H-pyrrole nitrogens is 1. The molecule has 6 heteroatoms. The van der Waals surface area contributed by atoms with Crippen molar-refractivity contribution in [1.82, 2.24) is 24.6 Å². The molecule has 4 rings (SSSR count). The summed E-state index contributed by atoms with van der Waals surface area (Å²) in [6.07, 6.45) is 9.26. The van der Waals surface area contributed by atoms with Gasteiger partial charge in [-0.1, -0.05) is 0 Å². The molecule has 0 spiro atoms. The summed E-state index contributed by atoms with van der Waals surface area (Å²) in [6, 6.07) is 4.23. The molecule has 1 saturated heterocycles. The standard InChI is InChI=1S/C17H19N5O/c1-21-11-15(9-20-21)17(23)22-5-3-12(10-22)6-13-7-14-2-4-18-16(14)19-8-13/h2,4,7-9,11-12H,3,5-6,10H2,1H3,(H,18,19). The van der Waals surface area contributed by atoms with Gasteiger partial charge >= 0.3 is 0 Å². The molecule has 0 radical (unpaired) electrons. The topological polar surface area (TPSA) is 66.8 Å². The van der Waals surface area contributed by atoms with Crippen molar-refractivity contribution in [3.8, 4) is 0 Å². The van der Waals surface area contributed by atoms with Crippen LogP contribution in [0.15, 0.2) is 36.9 Å². The van der Waals surface area contributed by atoms with Crippen LogP contribution in [0.5, 0.6) is 0 Å². The molecule has 118 valence electrons. The van der Waals surface area contributed by atoms with Crippen LogP contribution in [-0.4, -0.2) is 43.6 Å². The molecule has 1 unspecified atom stereocenters. The van der Waals surface area contributed by atoms with Crippen LogP contribution in [0.25, 0.3) is 11.0 Å². The van der Waals surface area contributed by atoms with E-state index in [0.717, 1.165) is 37.0 Å². The second-order valence-corrected chi connectivity index (χ2v) is 6.27. The van der Waals surface area contributed by atoms with Crippen molar-refractivity contribution in [2.24, 2.45) is 13.0 Å². The fraction of sp³-hybridized carbons (Fsp3) is 0.353. The maximum absolute atomic E-state index is 12.5. The summed E-state index contributed by atoms with van der Waals surface area (Å²) in [5, 5.41) is 5.22. The number of carbonyl (C=O) groups is 1. The fourth-order valence-electron chi connectivity index (χ4n) is 3.33. The third kappa shape index (κ3) is 2.72. The first-order valence-electron chi connectivity index (χ1n) is 7.89. The summed E-state index contributed by atoms with van der Waals surface area (Å²) >= 11 is 0. The van der Waals surface area contributed by atoms with Crippen molar-refractivity contribution in [1.29, 1.82) is 0 Å².